The third-order valence-corrected chi connectivity index (χ3v) is 6.93. The molecule has 8 heteroatoms. The highest BCUT2D eigenvalue weighted by Crippen LogP contribution is 2.21. The first kappa shape index (κ1) is 27.9. The summed E-state index contributed by atoms with van der Waals surface area (Å²) < 4.78 is 0. The van der Waals surface area contributed by atoms with Crippen molar-refractivity contribution in [1.82, 2.24) is 10.2 Å². The van der Waals surface area contributed by atoms with E-state index in [9.17, 15) is 19.7 Å². The molecule has 0 radical (unpaired) electrons. The van der Waals surface area contributed by atoms with Crippen molar-refractivity contribution in [3.63, 3.8) is 0 Å². The van der Waals surface area contributed by atoms with Crippen LogP contribution < -0.4 is 5.32 Å². The fraction of sp³-hybridized carbons (Fsp3) is 0.310. The van der Waals surface area contributed by atoms with E-state index in [1.54, 1.807) is 17.0 Å². The van der Waals surface area contributed by atoms with Gasteiger partial charge < -0.3 is 10.2 Å². The van der Waals surface area contributed by atoms with Gasteiger partial charge in [0.2, 0.25) is 11.8 Å². The quantitative estimate of drug-likeness (QED) is 0.259. The van der Waals surface area contributed by atoms with E-state index in [-0.39, 0.29) is 29.3 Å². The molecule has 0 fully saturated rings. The van der Waals surface area contributed by atoms with E-state index in [1.807, 2.05) is 75.4 Å². The molecular formula is C29H33N3O4S. The van der Waals surface area contributed by atoms with Crippen LogP contribution in [0.5, 0.6) is 0 Å². The zero-order chi connectivity index (χ0) is 26.8. The predicted molar refractivity (Wildman–Crippen MR) is 148 cm³/mol. The summed E-state index contributed by atoms with van der Waals surface area (Å²) in [6, 6.07) is 23.2. The number of nitrogens with one attached hydrogen (secondary N) is 1. The Bertz CT molecular complexity index is 1200. The molecule has 3 aromatic rings. The number of thioether (sulfide) groups is 1. The number of amides is 2. The second-order valence-corrected chi connectivity index (χ2v) is 10.2. The van der Waals surface area contributed by atoms with Gasteiger partial charge in [-0.3, -0.25) is 19.7 Å². The van der Waals surface area contributed by atoms with Crippen molar-refractivity contribution in [2.24, 2.45) is 0 Å². The molecule has 1 atom stereocenters. The van der Waals surface area contributed by atoms with E-state index in [0.29, 0.717) is 18.7 Å². The molecule has 0 aliphatic carbocycles. The standard InChI is InChI=1S/C29H33N3O4S/c1-21(2)30-29(34)27(17-23-10-5-4-6-11-23)31(18-25-12-8-7-9-22(25)3)28(33)20-37-19-24-13-15-26(16-14-24)32(35)36/h4-16,21,27H,17-20H2,1-3H3,(H,30,34). The van der Waals surface area contributed by atoms with Crippen LogP contribution in [-0.2, 0) is 28.3 Å². The largest absolute Gasteiger partial charge is 0.352 e. The average molecular weight is 520 g/mol. The van der Waals surface area contributed by atoms with Crippen LogP contribution in [0.2, 0.25) is 0 Å². The maximum absolute atomic E-state index is 13.7. The van der Waals surface area contributed by atoms with Crippen molar-refractivity contribution in [2.75, 3.05) is 5.75 Å². The summed E-state index contributed by atoms with van der Waals surface area (Å²) in [4.78, 5) is 39.2. The van der Waals surface area contributed by atoms with Gasteiger partial charge in [-0.25, -0.2) is 0 Å². The predicted octanol–water partition coefficient (Wildman–Crippen LogP) is 5.30. The van der Waals surface area contributed by atoms with E-state index in [1.165, 1.54) is 23.9 Å². The lowest BCUT2D eigenvalue weighted by Gasteiger charge is -2.32. The molecule has 2 amide bonds. The second-order valence-electron chi connectivity index (χ2n) is 9.23. The van der Waals surface area contributed by atoms with Gasteiger partial charge in [0, 0.05) is 36.9 Å². The number of benzene rings is 3. The molecule has 0 aromatic heterocycles. The summed E-state index contributed by atoms with van der Waals surface area (Å²) in [6.07, 6.45) is 0.407. The zero-order valence-corrected chi connectivity index (χ0v) is 22.2. The number of nitrogens with zero attached hydrogens (tertiary/aromatic N) is 2. The molecule has 0 saturated carbocycles. The molecule has 0 bridgehead atoms. The lowest BCUT2D eigenvalue weighted by Crippen LogP contribution is -2.52. The minimum Gasteiger partial charge on any atom is -0.352 e. The van der Waals surface area contributed by atoms with Gasteiger partial charge in [0.25, 0.3) is 5.69 Å². The van der Waals surface area contributed by atoms with Crippen LogP contribution in [0.25, 0.3) is 0 Å². The molecule has 1 N–H and O–H groups in total. The van der Waals surface area contributed by atoms with Crippen LogP contribution in [0.4, 0.5) is 5.69 Å². The average Bonchev–Trinajstić information content (AvgIpc) is 2.87. The fourth-order valence-corrected chi connectivity index (χ4v) is 4.83. The summed E-state index contributed by atoms with van der Waals surface area (Å²) >= 11 is 1.43. The molecule has 3 aromatic carbocycles. The third kappa shape index (κ3) is 8.46. The number of nitro benzene ring substituents is 1. The molecule has 0 aliphatic rings. The number of aryl methyl sites for hydroxylation is 1. The first-order chi connectivity index (χ1) is 17.7. The Morgan fingerprint density at radius 3 is 2.22 bits per heavy atom. The number of rotatable bonds is 12. The summed E-state index contributed by atoms with van der Waals surface area (Å²) in [6.45, 7) is 6.14. The number of non-ortho nitro benzene ring substituents is 1. The highest BCUT2D eigenvalue weighted by atomic mass is 32.2. The van der Waals surface area contributed by atoms with Crippen molar-refractivity contribution >= 4 is 29.3 Å². The minimum absolute atomic E-state index is 0.0363. The molecule has 7 nitrogen and oxygen atoms in total. The molecule has 194 valence electrons. The summed E-state index contributed by atoms with van der Waals surface area (Å²) in [5.74, 6) is 0.406. The first-order valence-electron chi connectivity index (χ1n) is 12.2. The number of carbonyl (C=O) groups excluding carboxylic acids is 2. The normalized spacial score (nSPS) is 11.7. The summed E-state index contributed by atoms with van der Waals surface area (Å²) in [5.41, 5.74) is 3.96. The SMILES string of the molecule is Cc1ccccc1CN(C(=O)CSCc1ccc([N+](=O)[O-])cc1)C(Cc1ccccc1)C(=O)NC(C)C. The maximum Gasteiger partial charge on any atom is 0.269 e. The van der Waals surface area contributed by atoms with E-state index in [4.69, 9.17) is 0 Å². The van der Waals surface area contributed by atoms with Gasteiger partial charge in [-0.1, -0.05) is 66.7 Å². The minimum atomic E-state index is -0.670. The monoisotopic (exact) mass is 519 g/mol. The lowest BCUT2D eigenvalue weighted by molar-refractivity contribution is -0.384. The zero-order valence-electron chi connectivity index (χ0n) is 21.4. The fourth-order valence-electron chi connectivity index (χ4n) is 3.96. The van der Waals surface area contributed by atoms with Crippen LogP contribution in [0.15, 0.2) is 78.9 Å². The lowest BCUT2D eigenvalue weighted by atomic mass is 10.0. The topological polar surface area (TPSA) is 92.6 Å². The Labute approximate surface area is 222 Å². The third-order valence-electron chi connectivity index (χ3n) is 5.95. The van der Waals surface area contributed by atoms with Crippen LogP contribution in [0, 0.1) is 17.0 Å². The molecule has 37 heavy (non-hydrogen) atoms. The van der Waals surface area contributed by atoms with Crippen molar-refractivity contribution in [1.29, 1.82) is 0 Å². The second kappa shape index (κ2) is 13.6. The molecule has 1 unspecified atom stereocenters. The van der Waals surface area contributed by atoms with Gasteiger partial charge in [0.15, 0.2) is 0 Å². The Hall–Kier alpha value is -3.65. The van der Waals surface area contributed by atoms with E-state index >= 15 is 0 Å². The van der Waals surface area contributed by atoms with Crippen LogP contribution in [-0.4, -0.2) is 39.5 Å². The van der Waals surface area contributed by atoms with E-state index in [2.05, 4.69) is 5.32 Å². The van der Waals surface area contributed by atoms with Gasteiger partial charge >= 0.3 is 0 Å². The van der Waals surface area contributed by atoms with Crippen molar-refractivity contribution in [2.45, 2.75) is 51.6 Å². The molecule has 3 rings (SSSR count). The highest BCUT2D eigenvalue weighted by molar-refractivity contribution is 7.99. The van der Waals surface area contributed by atoms with Crippen LogP contribution in [0.1, 0.15) is 36.1 Å². The van der Waals surface area contributed by atoms with Crippen LogP contribution >= 0.6 is 11.8 Å². The van der Waals surface area contributed by atoms with Crippen molar-refractivity contribution in [3.05, 3.63) is 111 Å². The molecular weight excluding hydrogens is 486 g/mol. The van der Waals surface area contributed by atoms with Gasteiger partial charge in [0.05, 0.1) is 10.7 Å². The maximum atomic E-state index is 13.7. The smallest absolute Gasteiger partial charge is 0.269 e. The Balaban J connectivity index is 1.83. The van der Waals surface area contributed by atoms with E-state index in [0.717, 1.165) is 22.3 Å². The van der Waals surface area contributed by atoms with Crippen LogP contribution in [0.3, 0.4) is 0 Å². The molecule has 0 saturated heterocycles. The van der Waals surface area contributed by atoms with Gasteiger partial charge in [-0.05, 0) is 43.0 Å². The van der Waals surface area contributed by atoms with Gasteiger partial charge in [-0.15, -0.1) is 11.8 Å². The summed E-state index contributed by atoms with van der Waals surface area (Å²) in [5, 5.41) is 13.9. The number of hydrogen-bond acceptors (Lipinski definition) is 5. The van der Waals surface area contributed by atoms with Gasteiger partial charge in [0.1, 0.15) is 6.04 Å². The van der Waals surface area contributed by atoms with Crippen molar-refractivity contribution < 1.29 is 14.5 Å². The molecule has 0 heterocycles. The number of hydrogen-bond donors (Lipinski definition) is 1. The Kier molecular flexibility index (Phi) is 10.3. The van der Waals surface area contributed by atoms with Gasteiger partial charge in [-0.2, -0.15) is 0 Å². The Morgan fingerprint density at radius 2 is 1.59 bits per heavy atom. The molecule has 0 spiro atoms. The van der Waals surface area contributed by atoms with E-state index < -0.39 is 11.0 Å². The number of carbonyl (C=O) groups is 2. The Morgan fingerprint density at radius 1 is 0.946 bits per heavy atom. The highest BCUT2D eigenvalue weighted by Gasteiger charge is 2.30. The summed E-state index contributed by atoms with van der Waals surface area (Å²) in [7, 11) is 0. The first-order valence-corrected chi connectivity index (χ1v) is 13.4. The molecule has 0 aliphatic heterocycles. The van der Waals surface area contributed by atoms with Crippen molar-refractivity contribution in [3.8, 4) is 0 Å². The number of nitro groups is 1.